The van der Waals surface area contributed by atoms with Crippen LogP contribution in [0.2, 0.25) is 0 Å². The van der Waals surface area contributed by atoms with Gasteiger partial charge in [0.2, 0.25) is 5.95 Å². The fraction of sp³-hybridized carbons (Fsp3) is 0.455. The molecule has 2 heterocycles. The predicted molar refractivity (Wildman–Crippen MR) is 79.7 cm³/mol. The summed E-state index contributed by atoms with van der Waals surface area (Å²) in [6, 6.07) is 0. The standard InChI is InChI=1S/C11H15IN4O3/c1-2-6(4-17)19-5-16-3-7(12)8-9(16)14-11(13)15-10(8)18/h3,6,17H,2,4-5H2,1H3,(H3,13,14,15,18)/t6-/m0/s1. The maximum absolute atomic E-state index is 11.8. The third kappa shape index (κ3) is 2.90. The lowest BCUT2D eigenvalue weighted by molar-refractivity contribution is -0.0237. The van der Waals surface area contributed by atoms with Crippen LogP contribution in [0.25, 0.3) is 11.0 Å². The first-order valence-electron chi connectivity index (χ1n) is 5.83. The Morgan fingerprint density at radius 3 is 3.05 bits per heavy atom. The van der Waals surface area contributed by atoms with Crippen molar-refractivity contribution in [2.75, 3.05) is 12.3 Å². The summed E-state index contributed by atoms with van der Waals surface area (Å²) in [6.07, 6.45) is 2.26. The second-order valence-corrected chi connectivity index (χ2v) is 5.27. The van der Waals surface area contributed by atoms with Gasteiger partial charge in [0, 0.05) is 9.77 Å². The number of hydrogen-bond donors (Lipinski definition) is 3. The Hall–Kier alpha value is -1.13. The van der Waals surface area contributed by atoms with E-state index in [2.05, 4.69) is 32.6 Å². The zero-order valence-corrected chi connectivity index (χ0v) is 12.5. The zero-order valence-electron chi connectivity index (χ0n) is 10.4. The molecular formula is C11H15IN4O3. The number of anilines is 1. The van der Waals surface area contributed by atoms with Crippen LogP contribution in [0.5, 0.6) is 0 Å². The van der Waals surface area contributed by atoms with E-state index in [9.17, 15) is 4.79 Å². The SMILES string of the molecule is CC[C@@H](CO)OCn1cc(I)c2c(=O)[nH]c(N)nc21. The number of aromatic nitrogens is 3. The number of rotatable bonds is 5. The number of ether oxygens (including phenoxy) is 1. The molecule has 0 radical (unpaired) electrons. The van der Waals surface area contributed by atoms with Crippen LogP contribution >= 0.6 is 22.6 Å². The smallest absolute Gasteiger partial charge is 0.262 e. The van der Waals surface area contributed by atoms with Crippen LogP contribution in [0.15, 0.2) is 11.0 Å². The van der Waals surface area contributed by atoms with Crippen molar-refractivity contribution in [3.05, 3.63) is 20.1 Å². The first-order chi connectivity index (χ1) is 9.06. The van der Waals surface area contributed by atoms with E-state index in [0.29, 0.717) is 17.5 Å². The average Bonchev–Trinajstić information content (AvgIpc) is 2.67. The van der Waals surface area contributed by atoms with Gasteiger partial charge in [-0.1, -0.05) is 6.92 Å². The van der Waals surface area contributed by atoms with E-state index in [-0.39, 0.29) is 30.9 Å². The average molecular weight is 378 g/mol. The van der Waals surface area contributed by atoms with E-state index in [0.717, 1.165) is 3.57 Å². The lowest BCUT2D eigenvalue weighted by Gasteiger charge is -2.13. The summed E-state index contributed by atoms with van der Waals surface area (Å²) in [5.41, 5.74) is 5.77. The van der Waals surface area contributed by atoms with Crippen LogP contribution in [0.1, 0.15) is 13.3 Å². The molecule has 0 aliphatic carbocycles. The molecule has 4 N–H and O–H groups in total. The molecule has 0 aliphatic heterocycles. The Kier molecular flexibility index (Phi) is 4.42. The van der Waals surface area contributed by atoms with Gasteiger partial charge in [0.1, 0.15) is 6.73 Å². The Labute approximate surface area is 122 Å². The lowest BCUT2D eigenvalue weighted by Crippen LogP contribution is -2.19. The quantitative estimate of drug-likeness (QED) is 0.663. The summed E-state index contributed by atoms with van der Waals surface area (Å²) >= 11 is 2.07. The number of aromatic amines is 1. The molecule has 2 aromatic rings. The minimum Gasteiger partial charge on any atom is -0.394 e. The number of nitrogens with one attached hydrogen (secondary N) is 1. The van der Waals surface area contributed by atoms with E-state index in [1.54, 1.807) is 10.8 Å². The largest absolute Gasteiger partial charge is 0.394 e. The van der Waals surface area contributed by atoms with E-state index < -0.39 is 0 Å². The van der Waals surface area contributed by atoms with Gasteiger partial charge in [-0.15, -0.1) is 0 Å². The number of nitrogen functional groups attached to an aromatic ring is 1. The molecule has 0 saturated carbocycles. The maximum atomic E-state index is 11.8. The number of halogens is 1. The van der Waals surface area contributed by atoms with E-state index in [1.165, 1.54) is 0 Å². The molecule has 0 spiro atoms. The van der Waals surface area contributed by atoms with Crippen molar-refractivity contribution in [2.45, 2.75) is 26.2 Å². The van der Waals surface area contributed by atoms with Crippen LogP contribution < -0.4 is 11.3 Å². The van der Waals surface area contributed by atoms with E-state index in [4.69, 9.17) is 15.6 Å². The number of H-pyrrole nitrogens is 1. The molecule has 0 aromatic carbocycles. The predicted octanol–water partition coefficient (Wildman–Crippen LogP) is 0.656. The molecule has 0 saturated heterocycles. The number of nitrogens with two attached hydrogens (primary N) is 1. The van der Waals surface area contributed by atoms with Gasteiger partial charge in [-0.25, -0.2) is 0 Å². The van der Waals surface area contributed by atoms with Gasteiger partial charge in [0.05, 0.1) is 18.1 Å². The van der Waals surface area contributed by atoms with Gasteiger partial charge in [0.15, 0.2) is 5.65 Å². The first kappa shape index (κ1) is 14.3. The highest BCUT2D eigenvalue weighted by Gasteiger charge is 2.13. The molecular weight excluding hydrogens is 363 g/mol. The Morgan fingerprint density at radius 1 is 1.68 bits per heavy atom. The van der Waals surface area contributed by atoms with Crippen molar-refractivity contribution in [1.82, 2.24) is 14.5 Å². The summed E-state index contributed by atoms with van der Waals surface area (Å²) in [6.45, 7) is 2.11. The number of aliphatic hydroxyl groups is 1. The van der Waals surface area contributed by atoms with Crippen LogP contribution in [0, 0.1) is 3.57 Å². The van der Waals surface area contributed by atoms with Gasteiger partial charge >= 0.3 is 0 Å². The van der Waals surface area contributed by atoms with Gasteiger partial charge < -0.3 is 20.1 Å². The Bertz CT molecular complexity index is 633. The molecule has 7 nitrogen and oxygen atoms in total. The molecule has 0 aliphatic rings. The summed E-state index contributed by atoms with van der Waals surface area (Å²) < 4.78 is 8.03. The van der Waals surface area contributed by atoms with Gasteiger partial charge in [-0.2, -0.15) is 4.98 Å². The van der Waals surface area contributed by atoms with Crippen LogP contribution in [-0.2, 0) is 11.5 Å². The zero-order chi connectivity index (χ0) is 14.0. The van der Waals surface area contributed by atoms with Gasteiger partial charge in [-0.05, 0) is 29.0 Å². The van der Waals surface area contributed by atoms with Crippen LogP contribution in [0.3, 0.4) is 0 Å². The van der Waals surface area contributed by atoms with Crippen LogP contribution in [-0.4, -0.2) is 32.4 Å². The molecule has 0 unspecified atom stereocenters. The third-order valence-corrected chi connectivity index (χ3v) is 3.62. The van der Waals surface area contributed by atoms with Crippen molar-refractivity contribution in [3.8, 4) is 0 Å². The Balaban J connectivity index is 2.36. The highest BCUT2D eigenvalue weighted by Crippen LogP contribution is 2.18. The first-order valence-corrected chi connectivity index (χ1v) is 6.91. The summed E-state index contributed by atoms with van der Waals surface area (Å²) in [5, 5.41) is 9.58. The Morgan fingerprint density at radius 2 is 2.42 bits per heavy atom. The molecule has 8 heteroatoms. The number of nitrogens with zero attached hydrogens (tertiary/aromatic N) is 2. The van der Waals surface area contributed by atoms with E-state index >= 15 is 0 Å². The summed E-state index contributed by atoms with van der Waals surface area (Å²) in [4.78, 5) is 18.4. The highest BCUT2D eigenvalue weighted by atomic mass is 127. The molecule has 104 valence electrons. The molecule has 19 heavy (non-hydrogen) atoms. The maximum Gasteiger partial charge on any atom is 0.262 e. The summed E-state index contributed by atoms with van der Waals surface area (Å²) in [5.74, 6) is 0.0717. The molecule has 2 aromatic heterocycles. The summed E-state index contributed by atoms with van der Waals surface area (Å²) in [7, 11) is 0. The monoisotopic (exact) mass is 378 g/mol. The number of fused-ring (bicyclic) bond motifs is 1. The van der Waals surface area contributed by atoms with Crippen molar-refractivity contribution in [3.63, 3.8) is 0 Å². The minimum atomic E-state index is -0.264. The van der Waals surface area contributed by atoms with Crippen molar-refractivity contribution in [1.29, 1.82) is 0 Å². The van der Waals surface area contributed by atoms with Crippen LogP contribution in [0.4, 0.5) is 5.95 Å². The van der Waals surface area contributed by atoms with Gasteiger partial charge in [-0.3, -0.25) is 9.78 Å². The minimum absolute atomic E-state index is 0.0387. The molecule has 0 bridgehead atoms. The second-order valence-electron chi connectivity index (χ2n) is 4.11. The highest BCUT2D eigenvalue weighted by molar-refractivity contribution is 14.1. The third-order valence-electron chi connectivity index (χ3n) is 2.81. The topological polar surface area (TPSA) is 106 Å². The number of aliphatic hydroxyl groups excluding tert-OH is 1. The fourth-order valence-corrected chi connectivity index (χ4v) is 2.57. The van der Waals surface area contributed by atoms with Gasteiger partial charge in [0.25, 0.3) is 5.56 Å². The van der Waals surface area contributed by atoms with Crippen molar-refractivity contribution >= 4 is 39.6 Å². The molecule has 0 amide bonds. The lowest BCUT2D eigenvalue weighted by atomic mass is 10.3. The normalized spacial score (nSPS) is 13.0. The fourth-order valence-electron chi connectivity index (χ4n) is 1.75. The molecule has 1 atom stereocenters. The van der Waals surface area contributed by atoms with Crippen molar-refractivity contribution in [2.24, 2.45) is 0 Å². The van der Waals surface area contributed by atoms with Crippen molar-refractivity contribution < 1.29 is 9.84 Å². The molecule has 2 rings (SSSR count). The van der Waals surface area contributed by atoms with E-state index in [1.807, 2.05) is 6.92 Å². The second kappa shape index (κ2) is 5.88. The number of hydrogen-bond acceptors (Lipinski definition) is 5. The molecule has 0 fully saturated rings.